The number of benzene rings is 3. The van der Waals surface area contributed by atoms with Crippen LogP contribution in [0.3, 0.4) is 0 Å². The van der Waals surface area contributed by atoms with Crippen molar-refractivity contribution in [1.29, 1.82) is 0 Å². The number of carboxylic acids is 1. The lowest BCUT2D eigenvalue weighted by Gasteiger charge is -2.20. The van der Waals surface area contributed by atoms with Crippen LogP contribution in [0.4, 0.5) is 10.5 Å². The summed E-state index contributed by atoms with van der Waals surface area (Å²) in [5.74, 6) is -1.57. The smallest absolute Gasteiger partial charge is 0.411 e. The Morgan fingerprint density at radius 3 is 2.21 bits per heavy atom. The molecule has 2 amide bonds. The third kappa shape index (κ3) is 5.57. The number of rotatable bonds is 9. The third-order valence-electron chi connectivity index (χ3n) is 6.42. The number of carbonyl (C=O) groups is 3. The molecule has 2 N–H and O–H groups in total. The van der Waals surface area contributed by atoms with Crippen LogP contribution < -0.4 is 5.32 Å². The number of fused-ring (bicyclic) bond motifs is 3. The molecule has 1 aromatic heterocycles. The number of aliphatic carboxylic acids is 1. The molecule has 3 aromatic carbocycles. The van der Waals surface area contributed by atoms with Gasteiger partial charge in [0.25, 0.3) is 0 Å². The fourth-order valence-electron chi connectivity index (χ4n) is 4.70. The predicted molar refractivity (Wildman–Crippen MR) is 140 cm³/mol. The quantitative estimate of drug-likeness (QED) is 0.346. The SMILES string of the molecule is O=C(O)CN(Cc1ccccc1)C(=O)Cn1cc(NC(=O)OCC2c3ccccc3-c3ccccc32)cn1. The van der Waals surface area contributed by atoms with E-state index in [2.05, 4.69) is 22.5 Å². The van der Waals surface area contributed by atoms with Crippen molar-refractivity contribution in [1.82, 2.24) is 14.7 Å². The van der Waals surface area contributed by atoms with Crippen molar-refractivity contribution in [2.24, 2.45) is 0 Å². The van der Waals surface area contributed by atoms with Gasteiger partial charge in [-0.05, 0) is 27.8 Å². The molecular weight excluding hydrogens is 484 g/mol. The molecule has 5 rings (SSSR count). The Kier molecular flexibility index (Phi) is 7.17. The van der Waals surface area contributed by atoms with E-state index in [4.69, 9.17) is 4.74 Å². The molecule has 0 unspecified atom stereocenters. The molecule has 0 saturated heterocycles. The lowest BCUT2D eigenvalue weighted by molar-refractivity contribution is -0.145. The van der Waals surface area contributed by atoms with Crippen molar-refractivity contribution in [3.8, 4) is 11.1 Å². The summed E-state index contributed by atoms with van der Waals surface area (Å²) in [6.07, 6.45) is 2.28. The number of aromatic nitrogens is 2. The summed E-state index contributed by atoms with van der Waals surface area (Å²) in [6, 6.07) is 25.3. The van der Waals surface area contributed by atoms with Gasteiger partial charge in [0.15, 0.2) is 0 Å². The van der Waals surface area contributed by atoms with Crippen molar-refractivity contribution in [3.63, 3.8) is 0 Å². The van der Waals surface area contributed by atoms with Gasteiger partial charge in [0.1, 0.15) is 19.7 Å². The van der Waals surface area contributed by atoms with E-state index in [1.54, 1.807) is 0 Å². The average molecular weight is 511 g/mol. The first-order chi connectivity index (χ1) is 18.5. The molecular formula is C29H26N4O5. The van der Waals surface area contributed by atoms with Crippen LogP contribution >= 0.6 is 0 Å². The first-order valence-corrected chi connectivity index (χ1v) is 12.2. The highest BCUT2D eigenvalue weighted by Crippen LogP contribution is 2.44. The summed E-state index contributed by atoms with van der Waals surface area (Å²) in [5.41, 5.74) is 5.71. The summed E-state index contributed by atoms with van der Waals surface area (Å²) in [4.78, 5) is 37.9. The highest BCUT2D eigenvalue weighted by molar-refractivity contribution is 5.85. The van der Waals surface area contributed by atoms with Crippen LogP contribution in [-0.4, -0.2) is 50.9 Å². The number of carboxylic acid groups (broad SMARTS) is 1. The van der Waals surface area contributed by atoms with Crippen LogP contribution in [0, 0.1) is 0 Å². The van der Waals surface area contributed by atoms with Crippen molar-refractivity contribution >= 4 is 23.7 Å². The molecule has 0 aliphatic heterocycles. The zero-order chi connectivity index (χ0) is 26.5. The molecule has 0 spiro atoms. The highest BCUT2D eigenvalue weighted by Gasteiger charge is 2.29. The maximum atomic E-state index is 12.8. The summed E-state index contributed by atoms with van der Waals surface area (Å²) < 4.78 is 6.90. The van der Waals surface area contributed by atoms with Crippen molar-refractivity contribution in [2.75, 3.05) is 18.5 Å². The van der Waals surface area contributed by atoms with E-state index in [0.29, 0.717) is 5.69 Å². The van der Waals surface area contributed by atoms with Crippen LogP contribution in [0.25, 0.3) is 11.1 Å². The molecule has 38 heavy (non-hydrogen) atoms. The molecule has 1 aliphatic carbocycles. The van der Waals surface area contributed by atoms with Crippen LogP contribution in [0.1, 0.15) is 22.6 Å². The zero-order valence-electron chi connectivity index (χ0n) is 20.5. The first-order valence-electron chi connectivity index (χ1n) is 12.2. The number of nitrogens with one attached hydrogen (secondary N) is 1. The summed E-state index contributed by atoms with van der Waals surface area (Å²) in [7, 11) is 0. The van der Waals surface area contributed by atoms with Crippen LogP contribution in [0.5, 0.6) is 0 Å². The van der Waals surface area contributed by atoms with Crippen molar-refractivity contribution in [2.45, 2.75) is 19.0 Å². The van der Waals surface area contributed by atoms with Crippen molar-refractivity contribution in [3.05, 3.63) is 108 Å². The van der Waals surface area contributed by atoms with Gasteiger partial charge in [-0.3, -0.25) is 19.6 Å². The van der Waals surface area contributed by atoms with E-state index in [0.717, 1.165) is 27.8 Å². The fraction of sp³-hybridized carbons (Fsp3) is 0.172. The Balaban J connectivity index is 1.18. The molecule has 9 nitrogen and oxygen atoms in total. The lowest BCUT2D eigenvalue weighted by Crippen LogP contribution is -2.37. The van der Waals surface area contributed by atoms with Crippen LogP contribution in [0.15, 0.2) is 91.3 Å². The van der Waals surface area contributed by atoms with E-state index in [1.807, 2.05) is 66.7 Å². The van der Waals surface area contributed by atoms with E-state index in [9.17, 15) is 19.5 Å². The number of hydrogen-bond acceptors (Lipinski definition) is 5. The second-order valence-electron chi connectivity index (χ2n) is 9.01. The van der Waals surface area contributed by atoms with Gasteiger partial charge >= 0.3 is 12.1 Å². The van der Waals surface area contributed by atoms with E-state index in [-0.39, 0.29) is 25.6 Å². The van der Waals surface area contributed by atoms with Gasteiger partial charge in [-0.1, -0.05) is 78.9 Å². The Morgan fingerprint density at radius 2 is 1.55 bits per heavy atom. The standard InChI is InChI=1S/C29H26N4O5/c34-27(32(18-28(35)36)15-20-8-2-1-3-9-20)17-33-16-21(14-30-33)31-29(37)38-19-26-24-12-6-4-10-22(24)23-11-5-7-13-25(23)26/h1-14,16,26H,15,17-19H2,(H,31,37)(H,35,36). The Morgan fingerprint density at radius 1 is 0.921 bits per heavy atom. The van der Waals surface area contributed by atoms with Gasteiger partial charge in [-0.15, -0.1) is 0 Å². The van der Waals surface area contributed by atoms with Crippen molar-refractivity contribution < 1.29 is 24.2 Å². The third-order valence-corrected chi connectivity index (χ3v) is 6.42. The minimum atomic E-state index is -1.10. The number of ether oxygens (including phenoxy) is 1. The molecule has 1 aliphatic rings. The maximum absolute atomic E-state index is 12.8. The average Bonchev–Trinajstić information content (AvgIpc) is 3.49. The van der Waals surface area contributed by atoms with E-state index >= 15 is 0 Å². The zero-order valence-corrected chi connectivity index (χ0v) is 20.5. The Bertz CT molecular complexity index is 1420. The summed E-state index contributed by atoms with van der Waals surface area (Å²) in [5, 5.41) is 16.0. The second kappa shape index (κ2) is 11.0. The van der Waals surface area contributed by atoms with Gasteiger partial charge < -0.3 is 14.7 Å². The largest absolute Gasteiger partial charge is 0.480 e. The van der Waals surface area contributed by atoms with Gasteiger partial charge in [-0.2, -0.15) is 5.10 Å². The molecule has 9 heteroatoms. The molecule has 1 heterocycles. The number of amides is 2. The predicted octanol–water partition coefficient (Wildman–Crippen LogP) is 4.36. The van der Waals surface area contributed by atoms with Gasteiger partial charge in [0.2, 0.25) is 5.91 Å². The minimum Gasteiger partial charge on any atom is -0.480 e. The summed E-state index contributed by atoms with van der Waals surface area (Å²) in [6.45, 7) is -0.263. The van der Waals surface area contributed by atoms with E-state index in [1.165, 1.54) is 22.0 Å². The fourth-order valence-corrected chi connectivity index (χ4v) is 4.70. The van der Waals surface area contributed by atoms with Crippen LogP contribution in [-0.2, 0) is 27.4 Å². The highest BCUT2D eigenvalue weighted by atomic mass is 16.5. The normalized spacial score (nSPS) is 11.9. The number of hydrogen-bond donors (Lipinski definition) is 2. The number of anilines is 1. The van der Waals surface area contributed by atoms with Gasteiger partial charge in [0, 0.05) is 18.7 Å². The van der Waals surface area contributed by atoms with Gasteiger partial charge in [0.05, 0.1) is 11.9 Å². The molecule has 192 valence electrons. The molecule has 0 fully saturated rings. The molecule has 0 atom stereocenters. The number of carbonyl (C=O) groups excluding carboxylic acids is 2. The van der Waals surface area contributed by atoms with Gasteiger partial charge in [-0.25, -0.2) is 4.79 Å². The van der Waals surface area contributed by atoms with Crippen LogP contribution in [0.2, 0.25) is 0 Å². The molecule has 0 bridgehead atoms. The van der Waals surface area contributed by atoms with E-state index < -0.39 is 24.5 Å². The topological polar surface area (TPSA) is 114 Å². The Hall–Kier alpha value is -4.92. The maximum Gasteiger partial charge on any atom is 0.411 e. The molecule has 0 radical (unpaired) electrons. The molecule has 4 aromatic rings. The Labute approximate surface area is 219 Å². The number of nitrogens with zero attached hydrogens (tertiary/aromatic N) is 3. The summed E-state index contributed by atoms with van der Waals surface area (Å²) >= 11 is 0. The molecule has 0 saturated carbocycles. The minimum absolute atomic E-state index is 0.0571. The first kappa shape index (κ1) is 24.8. The second-order valence-corrected chi connectivity index (χ2v) is 9.01. The monoisotopic (exact) mass is 510 g/mol. The lowest BCUT2D eigenvalue weighted by atomic mass is 9.98.